The Morgan fingerprint density at radius 3 is 2.21 bits per heavy atom. The molecule has 0 atom stereocenters. The Bertz CT molecular complexity index is 1910. The number of alkyl halides is 3. The van der Waals surface area contributed by atoms with Gasteiger partial charge in [0.15, 0.2) is 12.4 Å². The van der Waals surface area contributed by atoms with Crippen molar-refractivity contribution in [2.24, 2.45) is 5.41 Å². The number of hydrogen-bond acceptors (Lipinski definition) is 8. The minimum Gasteiger partial charge on any atom is -0.494 e. The van der Waals surface area contributed by atoms with Crippen LogP contribution in [0.15, 0.2) is 83.8 Å². The second-order valence-corrected chi connectivity index (χ2v) is 14.0. The van der Waals surface area contributed by atoms with E-state index < -0.39 is 51.8 Å². The molecule has 1 amide bonds. The first-order valence-corrected chi connectivity index (χ1v) is 16.5. The average Bonchev–Trinajstić information content (AvgIpc) is 3.56. The minimum atomic E-state index is -4.80. The van der Waals surface area contributed by atoms with E-state index in [1.165, 1.54) is 18.2 Å². The summed E-state index contributed by atoms with van der Waals surface area (Å²) < 4.78 is 86.2. The van der Waals surface area contributed by atoms with Gasteiger partial charge in [-0.15, -0.1) is 0 Å². The Kier molecular flexibility index (Phi) is 9.58. The molecular weight excluding hydrogens is 651 g/mol. The Morgan fingerprint density at radius 1 is 0.938 bits per heavy atom. The van der Waals surface area contributed by atoms with Crippen LogP contribution in [0.2, 0.25) is 0 Å². The molecule has 0 spiro atoms. The molecule has 48 heavy (non-hydrogen) atoms. The smallest absolute Gasteiger partial charge is 0.435 e. The molecule has 2 heterocycles. The Morgan fingerprint density at radius 2 is 1.58 bits per heavy atom. The summed E-state index contributed by atoms with van der Waals surface area (Å²) in [6.45, 7) is 6.25. The van der Waals surface area contributed by atoms with Gasteiger partial charge in [0, 0.05) is 12.1 Å². The van der Waals surface area contributed by atoms with E-state index in [-0.39, 0.29) is 47.4 Å². The van der Waals surface area contributed by atoms with E-state index in [0.29, 0.717) is 15.9 Å². The van der Waals surface area contributed by atoms with Gasteiger partial charge >= 0.3 is 12.1 Å². The number of fused-ring (bicyclic) bond motifs is 1. The predicted molar refractivity (Wildman–Crippen MR) is 168 cm³/mol. The van der Waals surface area contributed by atoms with Crippen LogP contribution >= 0.6 is 0 Å². The molecule has 0 fully saturated rings. The van der Waals surface area contributed by atoms with Gasteiger partial charge in [0.1, 0.15) is 17.3 Å². The number of carbonyl (C=O) groups excluding carboxylic acids is 2. The number of para-hydroxylation sites is 1. The predicted octanol–water partition coefficient (Wildman–Crippen LogP) is 6.73. The van der Waals surface area contributed by atoms with E-state index in [9.17, 15) is 31.2 Å². The van der Waals surface area contributed by atoms with E-state index in [2.05, 4.69) is 5.10 Å². The SMILES string of the molecule is CC(C)c1cc(OCCC(C)(C)C(=O)OCc2ccccc2)cc2c1C(=O)N(COc1cc(C(F)(F)F)nn1-c1ccccc1)S2(=O)=O. The maximum absolute atomic E-state index is 13.7. The van der Waals surface area contributed by atoms with Crippen LogP contribution in [-0.2, 0) is 32.3 Å². The van der Waals surface area contributed by atoms with Crippen molar-refractivity contribution in [3.63, 3.8) is 0 Å². The summed E-state index contributed by atoms with van der Waals surface area (Å²) in [5, 5.41) is 3.59. The van der Waals surface area contributed by atoms with E-state index >= 15 is 0 Å². The van der Waals surface area contributed by atoms with Gasteiger partial charge in [-0.25, -0.2) is 13.1 Å². The van der Waals surface area contributed by atoms with Crippen molar-refractivity contribution in [2.45, 2.75) is 57.7 Å². The van der Waals surface area contributed by atoms with Gasteiger partial charge in [0.05, 0.1) is 23.3 Å². The second-order valence-electron chi connectivity index (χ2n) is 12.1. The molecule has 0 saturated carbocycles. The maximum Gasteiger partial charge on any atom is 0.435 e. The van der Waals surface area contributed by atoms with Crippen molar-refractivity contribution in [3.05, 3.63) is 101 Å². The highest BCUT2D eigenvalue weighted by Gasteiger charge is 2.45. The van der Waals surface area contributed by atoms with Crippen LogP contribution in [0.4, 0.5) is 13.2 Å². The van der Waals surface area contributed by atoms with E-state index in [1.807, 2.05) is 30.3 Å². The molecule has 0 saturated heterocycles. The summed E-state index contributed by atoms with van der Waals surface area (Å²) in [6.07, 6.45) is -4.56. The van der Waals surface area contributed by atoms with Gasteiger partial charge in [-0.1, -0.05) is 62.4 Å². The number of esters is 1. The Hall–Kier alpha value is -4.85. The monoisotopic (exact) mass is 685 g/mol. The minimum absolute atomic E-state index is 0.0373. The van der Waals surface area contributed by atoms with E-state index in [4.69, 9.17) is 14.2 Å². The molecule has 14 heteroatoms. The summed E-state index contributed by atoms with van der Waals surface area (Å²) in [6, 6.07) is 20.5. The van der Waals surface area contributed by atoms with Crippen LogP contribution < -0.4 is 9.47 Å². The second kappa shape index (κ2) is 13.3. The molecule has 4 aromatic rings. The number of rotatable bonds is 12. The third-order valence-corrected chi connectivity index (χ3v) is 9.52. The summed E-state index contributed by atoms with van der Waals surface area (Å²) >= 11 is 0. The Labute approximate surface area is 276 Å². The first-order chi connectivity index (χ1) is 22.6. The number of amides is 1. The van der Waals surface area contributed by atoms with Gasteiger partial charge in [0.2, 0.25) is 5.88 Å². The fourth-order valence-electron chi connectivity index (χ4n) is 4.99. The normalized spacial score (nSPS) is 14.2. The average molecular weight is 686 g/mol. The summed E-state index contributed by atoms with van der Waals surface area (Å²) in [4.78, 5) is 26.0. The third kappa shape index (κ3) is 7.18. The number of aromatic nitrogens is 2. The molecule has 10 nitrogen and oxygen atoms in total. The summed E-state index contributed by atoms with van der Waals surface area (Å²) in [5.41, 5.74) is -0.761. The standard InChI is InChI=1S/C34H34F3N3O7S/c1-22(2)26-17-25(45-16-15-33(3,4)32(42)46-20-23-11-7-5-8-12-23)18-27-30(26)31(41)39(48(27,43)44)21-47-29-19-28(34(35,36)37)38-40(29)24-13-9-6-10-14-24/h5-14,17-19,22H,15-16,20-21H2,1-4H3. The molecule has 0 N–H and O–H groups in total. The van der Waals surface area contributed by atoms with Gasteiger partial charge in [-0.05, 0) is 55.5 Å². The highest BCUT2D eigenvalue weighted by Crippen LogP contribution is 2.39. The van der Waals surface area contributed by atoms with Crippen molar-refractivity contribution in [2.75, 3.05) is 13.3 Å². The fourth-order valence-corrected chi connectivity index (χ4v) is 6.46. The number of ether oxygens (including phenoxy) is 3. The van der Waals surface area contributed by atoms with Gasteiger partial charge in [-0.2, -0.15) is 22.6 Å². The van der Waals surface area contributed by atoms with Crippen molar-refractivity contribution >= 4 is 21.9 Å². The van der Waals surface area contributed by atoms with Crippen molar-refractivity contribution in [1.29, 1.82) is 0 Å². The number of halogens is 3. The number of hydrogen-bond donors (Lipinski definition) is 0. The lowest BCUT2D eigenvalue weighted by Crippen LogP contribution is -2.34. The number of sulfonamides is 1. The van der Waals surface area contributed by atoms with Crippen LogP contribution in [0.1, 0.15) is 67.2 Å². The zero-order valence-corrected chi connectivity index (χ0v) is 27.5. The summed E-state index contributed by atoms with van der Waals surface area (Å²) in [7, 11) is -4.49. The lowest BCUT2D eigenvalue weighted by Gasteiger charge is -2.23. The van der Waals surface area contributed by atoms with Crippen LogP contribution in [0.5, 0.6) is 11.6 Å². The molecule has 0 unspecified atom stereocenters. The van der Waals surface area contributed by atoms with Crippen molar-refractivity contribution < 1.29 is 45.4 Å². The molecule has 0 bridgehead atoms. The molecule has 1 aliphatic heterocycles. The largest absolute Gasteiger partial charge is 0.494 e. The Balaban J connectivity index is 1.33. The quantitative estimate of drug-likeness (QED) is 0.151. The van der Waals surface area contributed by atoms with Crippen LogP contribution in [0, 0.1) is 5.41 Å². The van der Waals surface area contributed by atoms with Crippen molar-refractivity contribution in [1.82, 2.24) is 14.1 Å². The topological polar surface area (TPSA) is 117 Å². The van der Waals surface area contributed by atoms with Gasteiger partial charge in [-0.3, -0.25) is 9.59 Å². The molecule has 0 radical (unpaired) electrons. The highest BCUT2D eigenvalue weighted by atomic mass is 32.2. The van der Waals surface area contributed by atoms with Gasteiger partial charge in [0.25, 0.3) is 15.9 Å². The lowest BCUT2D eigenvalue weighted by molar-refractivity contribution is -0.156. The molecule has 5 rings (SSSR count). The van der Waals surface area contributed by atoms with E-state index in [0.717, 1.165) is 10.2 Å². The fraction of sp³-hybridized carbons (Fsp3) is 0.324. The zero-order valence-electron chi connectivity index (χ0n) is 26.7. The van der Waals surface area contributed by atoms with Crippen LogP contribution in [-0.4, -0.2) is 47.7 Å². The molecular formula is C34H34F3N3O7S. The van der Waals surface area contributed by atoms with Gasteiger partial charge < -0.3 is 14.2 Å². The molecule has 254 valence electrons. The summed E-state index contributed by atoms with van der Waals surface area (Å²) in [5.74, 6) is -1.86. The lowest BCUT2D eigenvalue weighted by atomic mass is 9.90. The number of nitrogens with zero attached hydrogens (tertiary/aromatic N) is 3. The first-order valence-electron chi connectivity index (χ1n) is 15.0. The van der Waals surface area contributed by atoms with Crippen LogP contribution in [0.25, 0.3) is 5.69 Å². The third-order valence-electron chi connectivity index (χ3n) is 7.80. The highest BCUT2D eigenvalue weighted by molar-refractivity contribution is 7.90. The molecule has 0 aliphatic carbocycles. The van der Waals surface area contributed by atoms with Crippen LogP contribution in [0.3, 0.4) is 0 Å². The van der Waals surface area contributed by atoms with E-state index in [1.54, 1.807) is 52.0 Å². The number of benzene rings is 3. The zero-order chi connectivity index (χ0) is 34.9. The molecule has 1 aromatic heterocycles. The first kappa shape index (κ1) is 34.5. The van der Waals surface area contributed by atoms with Crippen molar-refractivity contribution in [3.8, 4) is 17.3 Å². The number of carbonyl (C=O) groups is 2. The molecule has 1 aliphatic rings. The maximum atomic E-state index is 13.7. The molecule has 3 aromatic carbocycles.